The highest BCUT2D eigenvalue weighted by molar-refractivity contribution is 5.83. The van der Waals surface area contributed by atoms with E-state index in [0.717, 1.165) is 13.3 Å². The lowest BCUT2D eigenvalue weighted by Crippen LogP contribution is -2.53. The van der Waals surface area contributed by atoms with E-state index >= 15 is 0 Å². The number of nitrogens with zero attached hydrogens (tertiary/aromatic N) is 6. The van der Waals surface area contributed by atoms with Gasteiger partial charge in [0.25, 0.3) is 0 Å². The van der Waals surface area contributed by atoms with Gasteiger partial charge in [0.05, 0.1) is 42.1 Å². The van der Waals surface area contributed by atoms with Crippen LogP contribution in [0, 0.1) is 6.33 Å². The van der Waals surface area contributed by atoms with Crippen molar-refractivity contribution in [2.24, 2.45) is 0 Å². The maximum Gasteiger partial charge on any atom is 0.207 e. The van der Waals surface area contributed by atoms with Gasteiger partial charge in [0.15, 0.2) is 6.17 Å². The van der Waals surface area contributed by atoms with Crippen molar-refractivity contribution in [1.29, 1.82) is 0 Å². The highest BCUT2D eigenvalue weighted by Crippen LogP contribution is 2.52. The molecule has 16 bridgehead atoms. The summed E-state index contributed by atoms with van der Waals surface area (Å²) >= 11 is 0. The molecule has 0 radical (unpaired) electrons. The maximum absolute atomic E-state index is 4.01. The summed E-state index contributed by atoms with van der Waals surface area (Å²) in [5.41, 5.74) is 15.1. The monoisotopic (exact) mass is 632 g/mol. The van der Waals surface area contributed by atoms with Crippen molar-refractivity contribution in [3.8, 4) is 0 Å². The lowest BCUT2D eigenvalue weighted by Gasteiger charge is -2.41. The summed E-state index contributed by atoms with van der Waals surface area (Å²) in [6.07, 6.45) is 3.85. The molecule has 0 spiro atoms. The van der Waals surface area contributed by atoms with Crippen LogP contribution in [0.5, 0.6) is 0 Å². The number of aromatic nitrogens is 2. The van der Waals surface area contributed by atoms with Gasteiger partial charge < -0.3 is 28.7 Å². The van der Waals surface area contributed by atoms with Gasteiger partial charge >= 0.3 is 0 Å². The lowest BCUT2D eigenvalue weighted by molar-refractivity contribution is -0.693. The van der Waals surface area contributed by atoms with Crippen LogP contribution in [0.3, 0.4) is 0 Å². The third-order valence-corrected chi connectivity index (χ3v) is 11.5. The molecule has 1 aromatic heterocycles. The molecular formula is C43H32N6. The van der Waals surface area contributed by atoms with E-state index < -0.39 is 0 Å². The van der Waals surface area contributed by atoms with Gasteiger partial charge in [-0.2, -0.15) is 0 Å². The molecule has 7 heterocycles. The normalized spacial score (nSPS) is 22.0. The molecule has 6 aromatic carbocycles. The first kappa shape index (κ1) is 26.0. The quantitative estimate of drug-likeness (QED) is 0.125. The molecule has 234 valence electrons. The second kappa shape index (κ2) is 9.32. The van der Waals surface area contributed by atoms with Crippen LogP contribution in [-0.2, 0) is 0 Å². The van der Waals surface area contributed by atoms with Crippen molar-refractivity contribution in [2.75, 3.05) is 32.9 Å². The van der Waals surface area contributed by atoms with E-state index in [9.17, 15) is 0 Å². The number of hydrogen-bond donors (Lipinski definition) is 0. The summed E-state index contributed by atoms with van der Waals surface area (Å²) in [6.45, 7) is 1.50. The third kappa shape index (κ3) is 3.38. The Labute approximate surface area is 284 Å². The topological polar surface area (TPSA) is 21.8 Å². The highest BCUT2D eigenvalue weighted by atomic mass is 15.5. The molecule has 0 N–H and O–H groups in total. The second-order valence-corrected chi connectivity index (χ2v) is 14.0. The van der Waals surface area contributed by atoms with E-state index in [0.29, 0.717) is 0 Å². The predicted molar refractivity (Wildman–Crippen MR) is 193 cm³/mol. The van der Waals surface area contributed by atoms with Gasteiger partial charge in [0.2, 0.25) is 6.33 Å². The molecule has 4 unspecified atom stereocenters. The maximum atomic E-state index is 4.01. The van der Waals surface area contributed by atoms with Crippen LogP contribution in [0.25, 0.3) is 11.0 Å². The zero-order valence-corrected chi connectivity index (χ0v) is 26.8. The fourth-order valence-corrected chi connectivity index (χ4v) is 9.58. The van der Waals surface area contributed by atoms with Crippen LogP contribution in [0.4, 0.5) is 22.7 Å². The van der Waals surface area contributed by atoms with Crippen molar-refractivity contribution in [1.82, 2.24) is 4.57 Å². The Bertz CT molecular complexity index is 2500. The highest BCUT2D eigenvalue weighted by Gasteiger charge is 2.45. The van der Waals surface area contributed by atoms with Crippen LogP contribution in [-0.4, -0.2) is 17.9 Å². The molecule has 7 aromatic rings. The summed E-state index contributed by atoms with van der Waals surface area (Å²) in [5, 5.41) is 0. The predicted octanol–water partition coefficient (Wildman–Crippen LogP) is 7.91. The van der Waals surface area contributed by atoms with E-state index in [1.54, 1.807) is 0 Å². The van der Waals surface area contributed by atoms with Crippen LogP contribution in [0.15, 0.2) is 146 Å². The van der Waals surface area contributed by atoms with Crippen molar-refractivity contribution >= 4 is 33.8 Å². The van der Waals surface area contributed by atoms with Gasteiger partial charge in [0, 0.05) is 16.6 Å². The average molecular weight is 633 g/mol. The number of fused-ring (bicyclic) bond motifs is 3. The molecule has 0 amide bonds. The van der Waals surface area contributed by atoms with E-state index in [1.165, 1.54) is 67.2 Å². The fraction of sp³-hybridized carbons (Fsp3) is 0.140. The van der Waals surface area contributed by atoms with Crippen LogP contribution in [0.2, 0.25) is 0 Å². The van der Waals surface area contributed by atoms with Crippen molar-refractivity contribution < 1.29 is 4.57 Å². The molecule has 0 fully saturated rings. The van der Waals surface area contributed by atoms with E-state index in [-0.39, 0.29) is 24.4 Å². The standard InChI is InChI=1S/C43H32N6/c1-3-18-36-34(16-1)44-25-46(36)42-32-14-9-13-31(24-32)41-29-11-7-10-28(22-29)40(44)30-12-8-15-33(23-30)43(47-26-45(41)35-17-2-4-19-37(35)47)49-27-48(42)38-20-5-6-21-39(38)49/h1-24,40-43H,25,27H2. The molecule has 6 nitrogen and oxygen atoms in total. The Hall–Kier alpha value is -6.01. The number of rotatable bonds is 0. The third-order valence-electron chi connectivity index (χ3n) is 11.5. The van der Waals surface area contributed by atoms with Gasteiger partial charge in [-0.3, -0.25) is 0 Å². The van der Waals surface area contributed by atoms with Gasteiger partial charge in [-0.25, -0.2) is 0 Å². The number of benzene rings is 6. The first-order valence-corrected chi connectivity index (χ1v) is 17.3. The number of hydrogen-bond acceptors (Lipinski definition) is 4. The van der Waals surface area contributed by atoms with E-state index in [2.05, 4.69) is 181 Å². The Morgan fingerprint density at radius 2 is 0.939 bits per heavy atom. The summed E-state index contributed by atoms with van der Waals surface area (Å²) < 4.78 is 4.82. The second-order valence-electron chi connectivity index (χ2n) is 14.0. The van der Waals surface area contributed by atoms with Crippen molar-refractivity contribution in [3.05, 3.63) is 185 Å². The largest absolute Gasteiger partial charge is 0.341 e. The Morgan fingerprint density at radius 1 is 0.449 bits per heavy atom. The molecule has 6 heteroatoms. The molecule has 13 rings (SSSR count). The number of para-hydroxylation sites is 6. The summed E-state index contributed by atoms with van der Waals surface area (Å²) in [7, 11) is 0. The fourth-order valence-electron chi connectivity index (χ4n) is 9.58. The molecule has 0 saturated heterocycles. The molecule has 0 aliphatic carbocycles. The Morgan fingerprint density at radius 3 is 1.63 bits per heavy atom. The summed E-state index contributed by atoms with van der Waals surface area (Å²) in [6, 6.07) is 55.0. The first-order chi connectivity index (χ1) is 24.3. The molecule has 6 aliphatic heterocycles. The first-order valence-electron chi connectivity index (χ1n) is 17.3. The lowest BCUT2D eigenvalue weighted by atomic mass is 9.90. The Balaban J connectivity index is 1.32. The number of imidazole rings is 1. The zero-order chi connectivity index (χ0) is 31.8. The van der Waals surface area contributed by atoms with Crippen LogP contribution in [0.1, 0.15) is 57.8 Å². The van der Waals surface area contributed by atoms with Crippen molar-refractivity contribution in [2.45, 2.75) is 24.4 Å². The summed E-state index contributed by atoms with van der Waals surface area (Å²) in [5.74, 6) is 0. The molecule has 0 saturated carbocycles. The van der Waals surface area contributed by atoms with Crippen molar-refractivity contribution in [3.63, 3.8) is 0 Å². The Kier molecular flexibility index (Phi) is 4.95. The van der Waals surface area contributed by atoms with Gasteiger partial charge in [-0.1, -0.05) is 103 Å². The van der Waals surface area contributed by atoms with E-state index in [4.69, 9.17) is 0 Å². The van der Waals surface area contributed by atoms with Crippen LogP contribution >= 0.6 is 0 Å². The smallest absolute Gasteiger partial charge is 0.207 e. The SMILES string of the molecule is [c-]1n2c3ccccc3[n+]1C1c3cccc(c3)C3c4cccc(c4)C2c2cccc(c2)C(N2CN3c3ccccc32)N2CN1c1ccccc12. The molecule has 6 aliphatic rings. The minimum Gasteiger partial charge on any atom is -0.341 e. The summed E-state index contributed by atoms with van der Waals surface area (Å²) in [4.78, 5) is 10.5. The van der Waals surface area contributed by atoms with Gasteiger partial charge in [-0.15, -0.1) is 0 Å². The minimum atomic E-state index is -0.126. The zero-order valence-electron chi connectivity index (χ0n) is 26.8. The van der Waals surface area contributed by atoms with Gasteiger partial charge in [-0.05, 0) is 70.3 Å². The van der Waals surface area contributed by atoms with E-state index in [1.807, 2.05) is 0 Å². The van der Waals surface area contributed by atoms with Crippen LogP contribution < -0.4 is 24.2 Å². The number of anilines is 4. The minimum absolute atomic E-state index is 0.0210. The molecule has 4 atom stereocenters. The average Bonchev–Trinajstić information content (AvgIpc) is 3.82. The van der Waals surface area contributed by atoms with Gasteiger partial charge in [0.1, 0.15) is 12.2 Å². The molecule has 49 heavy (non-hydrogen) atoms. The molecular weight excluding hydrogens is 601 g/mol.